The largest absolute Gasteiger partial charge is 0.497 e. The molecule has 3 aromatic rings. The lowest BCUT2D eigenvalue weighted by atomic mass is 10.1. The smallest absolute Gasteiger partial charge is 0.343 e. The van der Waals surface area contributed by atoms with Crippen LogP contribution < -0.4 is 19.1 Å². The lowest BCUT2D eigenvalue weighted by molar-refractivity contribution is -0.217. The second-order valence-electron chi connectivity index (χ2n) is 5.78. The molecular formula is C22H20O6. The molecule has 6 heteroatoms. The number of hydrogen-bond donors (Lipinski definition) is 0. The third kappa shape index (κ3) is 5.25. The first-order chi connectivity index (χ1) is 13.7. The van der Waals surface area contributed by atoms with Crippen LogP contribution in [-0.4, -0.2) is 20.2 Å². The Morgan fingerprint density at radius 1 is 0.679 bits per heavy atom. The Bertz CT molecular complexity index is 886. The maximum atomic E-state index is 12.2. The predicted molar refractivity (Wildman–Crippen MR) is 103 cm³/mol. The van der Waals surface area contributed by atoms with E-state index in [0.29, 0.717) is 22.8 Å². The van der Waals surface area contributed by atoms with E-state index in [9.17, 15) is 4.79 Å². The first-order valence-electron chi connectivity index (χ1n) is 8.56. The third-order valence-electron chi connectivity index (χ3n) is 3.90. The van der Waals surface area contributed by atoms with Gasteiger partial charge in [-0.3, -0.25) is 0 Å². The van der Waals surface area contributed by atoms with Crippen molar-refractivity contribution in [3.05, 3.63) is 83.9 Å². The molecule has 0 fully saturated rings. The minimum atomic E-state index is -0.438. The number of carbonyl (C=O) groups is 1. The van der Waals surface area contributed by atoms with Gasteiger partial charge in [-0.15, -0.1) is 0 Å². The highest BCUT2D eigenvalue weighted by Gasteiger charge is 2.09. The van der Waals surface area contributed by atoms with E-state index in [-0.39, 0.29) is 6.61 Å². The summed E-state index contributed by atoms with van der Waals surface area (Å²) in [6.45, 7) is 0.236. The molecule has 0 saturated heterocycles. The maximum Gasteiger partial charge on any atom is 0.343 e. The van der Waals surface area contributed by atoms with E-state index in [1.54, 1.807) is 87.0 Å². The molecule has 0 aliphatic carbocycles. The van der Waals surface area contributed by atoms with Crippen LogP contribution in [0.1, 0.15) is 15.9 Å². The van der Waals surface area contributed by atoms with E-state index < -0.39 is 5.97 Å². The van der Waals surface area contributed by atoms with Gasteiger partial charge in [-0.1, -0.05) is 12.1 Å². The average molecular weight is 380 g/mol. The van der Waals surface area contributed by atoms with Crippen LogP contribution in [-0.2, 0) is 11.5 Å². The topological polar surface area (TPSA) is 63.2 Å². The highest BCUT2D eigenvalue weighted by molar-refractivity contribution is 5.91. The van der Waals surface area contributed by atoms with Crippen molar-refractivity contribution < 1.29 is 28.8 Å². The molecule has 0 heterocycles. The van der Waals surface area contributed by atoms with Gasteiger partial charge in [-0.05, 0) is 66.2 Å². The van der Waals surface area contributed by atoms with Crippen molar-refractivity contribution in [2.24, 2.45) is 0 Å². The molecule has 0 aliphatic rings. The van der Waals surface area contributed by atoms with Crippen LogP contribution in [0.5, 0.6) is 23.0 Å². The van der Waals surface area contributed by atoms with E-state index in [1.807, 2.05) is 0 Å². The maximum absolute atomic E-state index is 12.2. The summed E-state index contributed by atoms with van der Waals surface area (Å²) in [4.78, 5) is 22.7. The van der Waals surface area contributed by atoms with E-state index >= 15 is 0 Å². The van der Waals surface area contributed by atoms with Crippen molar-refractivity contribution in [1.29, 1.82) is 0 Å². The second kappa shape index (κ2) is 9.43. The molecule has 0 amide bonds. The van der Waals surface area contributed by atoms with E-state index in [1.165, 1.54) is 0 Å². The Morgan fingerprint density at radius 2 is 1.18 bits per heavy atom. The van der Waals surface area contributed by atoms with Gasteiger partial charge in [-0.2, -0.15) is 4.89 Å². The van der Waals surface area contributed by atoms with Crippen LogP contribution >= 0.6 is 0 Å². The number of carbonyl (C=O) groups excluding carboxylic acids is 1. The molecule has 0 bridgehead atoms. The molecular weight excluding hydrogens is 360 g/mol. The number of hydrogen-bond acceptors (Lipinski definition) is 6. The van der Waals surface area contributed by atoms with Crippen LogP contribution in [0.25, 0.3) is 0 Å². The number of rotatable bonds is 8. The Labute approximate surface area is 163 Å². The number of methoxy groups -OCH3 is 2. The number of ether oxygens (including phenoxy) is 3. The Hall–Kier alpha value is -3.51. The molecule has 0 spiro atoms. The van der Waals surface area contributed by atoms with Gasteiger partial charge in [0.15, 0.2) is 5.75 Å². The van der Waals surface area contributed by atoms with Crippen molar-refractivity contribution in [3.8, 4) is 23.0 Å². The summed E-state index contributed by atoms with van der Waals surface area (Å²) in [6, 6.07) is 20.8. The third-order valence-corrected chi connectivity index (χ3v) is 3.90. The fraction of sp³-hybridized carbons (Fsp3) is 0.136. The zero-order chi connectivity index (χ0) is 19.8. The monoisotopic (exact) mass is 380 g/mol. The summed E-state index contributed by atoms with van der Waals surface area (Å²) in [5, 5.41) is 0. The van der Waals surface area contributed by atoms with Crippen molar-refractivity contribution in [2.45, 2.75) is 6.61 Å². The zero-order valence-corrected chi connectivity index (χ0v) is 15.6. The molecule has 3 rings (SSSR count). The van der Waals surface area contributed by atoms with Gasteiger partial charge in [0.2, 0.25) is 0 Å². The molecule has 0 saturated carbocycles. The second-order valence-corrected chi connectivity index (χ2v) is 5.78. The molecule has 0 N–H and O–H groups in total. The molecule has 0 aliphatic heterocycles. The summed E-state index contributed by atoms with van der Waals surface area (Å²) in [5.74, 6) is 2.02. The first kappa shape index (κ1) is 19.3. The highest BCUT2D eigenvalue weighted by atomic mass is 17.2. The number of esters is 1. The fourth-order valence-electron chi connectivity index (χ4n) is 2.34. The molecule has 3 aromatic carbocycles. The summed E-state index contributed by atoms with van der Waals surface area (Å²) in [7, 11) is 3.18. The fourth-order valence-corrected chi connectivity index (χ4v) is 2.34. The van der Waals surface area contributed by atoms with Crippen molar-refractivity contribution in [2.75, 3.05) is 14.2 Å². The molecule has 6 nitrogen and oxygen atoms in total. The molecule has 0 atom stereocenters. The predicted octanol–water partition coefficient (Wildman–Crippen LogP) is 4.43. The van der Waals surface area contributed by atoms with Gasteiger partial charge >= 0.3 is 5.97 Å². The summed E-state index contributed by atoms with van der Waals surface area (Å²) < 4.78 is 15.5. The van der Waals surface area contributed by atoms with Gasteiger partial charge < -0.3 is 19.1 Å². The summed E-state index contributed by atoms with van der Waals surface area (Å²) in [6.07, 6.45) is 0. The molecule has 28 heavy (non-hydrogen) atoms. The first-order valence-corrected chi connectivity index (χ1v) is 8.56. The van der Waals surface area contributed by atoms with Crippen LogP contribution in [0.15, 0.2) is 72.8 Å². The van der Waals surface area contributed by atoms with Crippen LogP contribution in [0.4, 0.5) is 0 Å². The lowest BCUT2D eigenvalue weighted by Crippen LogP contribution is -2.08. The van der Waals surface area contributed by atoms with E-state index in [0.717, 1.165) is 11.3 Å². The highest BCUT2D eigenvalue weighted by Crippen LogP contribution is 2.19. The normalized spacial score (nSPS) is 10.2. The Balaban J connectivity index is 1.49. The molecule has 0 radical (unpaired) electrons. The van der Waals surface area contributed by atoms with Gasteiger partial charge in [0, 0.05) is 0 Å². The standard InChI is InChI=1S/C22H20O6/c1-24-18-7-11-20(12-8-18)27-22(23)17-5-3-16(4-6-17)15-26-28-21-13-9-19(25-2)10-14-21/h3-14H,15H2,1-2H3. The molecule has 0 unspecified atom stereocenters. The van der Waals surface area contributed by atoms with Crippen LogP contribution in [0.3, 0.4) is 0 Å². The van der Waals surface area contributed by atoms with Gasteiger partial charge in [0.25, 0.3) is 0 Å². The minimum absolute atomic E-state index is 0.236. The zero-order valence-electron chi connectivity index (χ0n) is 15.6. The van der Waals surface area contributed by atoms with Gasteiger partial charge in [0.1, 0.15) is 23.9 Å². The average Bonchev–Trinajstić information content (AvgIpc) is 2.75. The van der Waals surface area contributed by atoms with Gasteiger partial charge in [0.05, 0.1) is 19.8 Å². The minimum Gasteiger partial charge on any atom is -0.497 e. The summed E-state index contributed by atoms with van der Waals surface area (Å²) in [5.41, 5.74) is 1.30. The van der Waals surface area contributed by atoms with Gasteiger partial charge in [-0.25, -0.2) is 4.79 Å². The summed E-state index contributed by atoms with van der Waals surface area (Å²) >= 11 is 0. The van der Waals surface area contributed by atoms with Crippen LogP contribution in [0, 0.1) is 0 Å². The molecule has 144 valence electrons. The van der Waals surface area contributed by atoms with Crippen LogP contribution in [0.2, 0.25) is 0 Å². The van der Waals surface area contributed by atoms with E-state index in [4.69, 9.17) is 24.0 Å². The quantitative estimate of drug-likeness (QED) is 0.249. The lowest BCUT2D eigenvalue weighted by Gasteiger charge is -2.07. The SMILES string of the molecule is COc1ccc(OOCc2ccc(C(=O)Oc3ccc(OC)cc3)cc2)cc1. The van der Waals surface area contributed by atoms with E-state index in [2.05, 4.69) is 0 Å². The number of benzene rings is 3. The van der Waals surface area contributed by atoms with Crippen molar-refractivity contribution in [1.82, 2.24) is 0 Å². The van der Waals surface area contributed by atoms with Crippen molar-refractivity contribution in [3.63, 3.8) is 0 Å². The van der Waals surface area contributed by atoms with Crippen molar-refractivity contribution >= 4 is 5.97 Å². The molecule has 0 aromatic heterocycles. The Morgan fingerprint density at radius 3 is 1.71 bits per heavy atom. The Kier molecular flexibility index (Phi) is 6.49.